The van der Waals surface area contributed by atoms with E-state index in [4.69, 9.17) is 0 Å². The van der Waals surface area contributed by atoms with Gasteiger partial charge in [0.15, 0.2) is 0 Å². The first-order chi connectivity index (χ1) is 7.66. The third-order valence-electron chi connectivity index (χ3n) is 2.33. The van der Waals surface area contributed by atoms with Crippen LogP contribution in [0.4, 0.5) is 8.78 Å². The summed E-state index contributed by atoms with van der Waals surface area (Å²) in [5.41, 5.74) is 0.923. The molecule has 2 aromatic rings. The van der Waals surface area contributed by atoms with Gasteiger partial charge < -0.3 is 5.11 Å². The second-order valence-electron chi connectivity index (χ2n) is 3.52. The summed E-state index contributed by atoms with van der Waals surface area (Å²) >= 11 is 1.51. The van der Waals surface area contributed by atoms with Crippen LogP contribution in [0.3, 0.4) is 0 Å². The Morgan fingerprint density at radius 2 is 2.06 bits per heavy atom. The van der Waals surface area contributed by atoms with Crippen molar-refractivity contribution in [3.8, 4) is 0 Å². The zero-order valence-electron chi connectivity index (χ0n) is 8.36. The predicted octanol–water partition coefficient (Wildman–Crippen LogP) is 3.30. The Morgan fingerprint density at radius 3 is 2.75 bits per heavy atom. The van der Waals surface area contributed by atoms with E-state index in [1.807, 2.05) is 16.8 Å². The summed E-state index contributed by atoms with van der Waals surface area (Å²) in [6, 6.07) is 4.95. The van der Waals surface area contributed by atoms with Crippen molar-refractivity contribution in [2.24, 2.45) is 0 Å². The van der Waals surface area contributed by atoms with Crippen LogP contribution in [0, 0.1) is 11.6 Å². The van der Waals surface area contributed by atoms with Crippen molar-refractivity contribution in [1.29, 1.82) is 0 Å². The predicted molar refractivity (Wildman–Crippen MR) is 59.3 cm³/mol. The smallest absolute Gasteiger partial charge is 0.129 e. The van der Waals surface area contributed by atoms with Crippen LogP contribution in [-0.4, -0.2) is 5.11 Å². The molecule has 0 aliphatic heterocycles. The van der Waals surface area contributed by atoms with Crippen LogP contribution in [0.25, 0.3) is 0 Å². The third kappa shape index (κ3) is 2.46. The number of rotatable bonds is 3. The second kappa shape index (κ2) is 4.72. The highest BCUT2D eigenvalue weighted by atomic mass is 32.1. The third-order valence-corrected chi connectivity index (χ3v) is 3.06. The molecule has 84 valence electrons. The Hall–Kier alpha value is -1.26. The molecule has 1 aromatic carbocycles. The molecule has 0 aliphatic rings. The molecule has 0 spiro atoms. The molecular weight excluding hydrogens is 230 g/mol. The molecule has 0 bridgehead atoms. The zero-order valence-corrected chi connectivity index (χ0v) is 9.18. The monoisotopic (exact) mass is 240 g/mol. The van der Waals surface area contributed by atoms with E-state index in [-0.39, 0.29) is 5.56 Å². The van der Waals surface area contributed by atoms with Gasteiger partial charge in [0.2, 0.25) is 0 Å². The second-order valence-corrected chi connectivity index (χ2v) is 4.30. The van der Waals surface area contributed by atoms with E-state index in [9.17, 15) is 13.9 Å². The first-order valence-corrected chi connectivity index (χ1v) is 5.75. The first-order valence-electron chi connectivity index (χ1n) is 4.81. The lowest BCUT2D eigenvalue weighted by molar-refractivity contribution is 0.173. The number of hydrogen-bond donors (Lipinski definition) is 1. The molecule has 4 heteroatoms. The van der Waals surface area contributed by atoms with Crippen LogP contribution in [0.15, 0.2) is 35.0 Å². The molecule has 0 aliphatic carbocycles. The van der Waals surface area contributed by atoms with Crippen LogP contribution in [-0.2, 0) is 6.42 Å². The van der Waals surface area contributed by atoms with E-state index >= 15 is 0 Å². The average molecular weight is 240 g/mol. The fraction of sp³-hybridized carbons (Fsp3) is 0.167. The van der Waals surface area contributed by atoms with E-state index in [0.29, 0.717) is 6.42 Å². The lowest BCUT2D eigenvalue weighted by Gasteiger charge is -2.11. The fourth-order valence-electron chi connectivity index (χ4n) is 1.51. The molecule has 1 heterocycles. The van der Waals surface area contributed by atoms with Gasteiger partial charge in [0.25, 0.3) is 0 Å². The Kier molecular flexibility index (Phi) is 3.31. The van der Waals surface area contributed by atoms with Crippen LogP contribution in [0.2, 0.25) is 0 Å². The summed E-state index contributed by atoms with van der Waals surface area (Å²) < 4.78 is 26.2. The summed E-state index contributed by atoms with van der Waals surface area (Å²) in [4.78, 5) is 0. The topological polar surface area (TPSA) is 20.2 Å². The van der Waals surface area contributed by atoms with Gasteiger partial charge in [0, 0.05) is 12.0 Å². The first kappa shape index (κ1) is 11.2. The summed E-state index contributed by atoms with van der Waals surface area (Å²) in [5, 5.41) is 13.5. The maximum Gasteiger partial charge on any atom is 0.129 e. The summed E-state index contributed by atoms with van der Waals surface area (Å²) in [6.45, 7) is 0. The number of aliphatic hydroxyl groups excluding tert-OH is 1. The molecule has 0 fully saturated rings. The van der Waals surface area contributed by atoms with Crippen LogP contribution >= 0.6 is 11.3 Å². The number of thiophene rings is 1. The number of hydrogen-bond acceptors (Lipinski definition) is 2. The van der Waals surface area contributed by atoms with Crippen LogP contribution in [0.5, 0.6) is 0 Å². The molecule has 0 saturated carbocycles. The van der Waals surface area contributed by atoms with Crippen molar-refractivity contribution in [2.75, 3.05) is 0 Å². The van der Waals surface area contributed by atoms with E-state index in [2.05, 4.69) is 0 Å². The molecular formula is C12H10F2OS. The van der Waals surface area contributed by atoms with E-state index in [0.717, 1.165) is 23.8 Å². The summed E-state index contributed by atoms with van der Waals surface area (Å²) in [6.07, 6.45) is -0.713. The molecule has 0 radical (unpaired) electrons. The highest BCUT2D eigenvalue weighted by Gasteiger charge is 2.14. The number of benzene rings is 1. The quantitative estimate of drug-likeness (QED) is 0.872. The van der Waals surface area contributed by atoms with Crippen molar-refractivity contribution in [3.05, 3.63) is 57.8 Å². The molecule has 1 unspecified atom stereocenters. The van der Waals surface area contributed by atoms with Crippen molar-refractivity contribution in [1.82, 2.24) is 0 Å². The van der Waals surface area contributed by atoms with Gasteiger partial charge in [-0.15, -0.1) is 0 Å². The average Bonchev–Trinajstić information content (AvgIpc) is 2.74. The minimum Gasteiger partial charge on any atom is -0.388 e. The van der Waals surface area contributed by atoms with Gasteiger partial charge in [0.05, 0.1) is 6.10 Å². The highest BCUT2D eigenvalue weighted by molar-refractivity contribution is 7.07. The minimum atomic E-state index is -1.01. The van der Waals surface area contributed by atoms with Crippen LogP contribution in [0.1, 0.15) is 17.2 Å². The van der Waals surface area contributed by atoms with Gasteiger partial charge in [-0.25, -0.2) is 8.78 Å². The van der Waals surface area contributed by atoms with Gasteiger partial charge in [0.1, 0.15) is 11.6 Å². The summed E-state index contributed by atoms with van der Waals surface area (Å²) in [7, 11) is 0. The lowest BCUT2D eigenvalue weighted by atomic mass is 10.0. The molecule has 0 saturated heterocycles. The van der Waals surface area contributed by atoms with Crippen molar-refractivity contribution >= 4 is 11.3 Å². The Labute approximate surface area is 96.0 Å². The SMILES string of the molecule is OC(Cc1ccsc1)c1cc(F)ccc1F. The molecule has 1 atom stereocenters. The van der Waals surface area contributed by atoms with Gasteiger partial charge >= 0.3 is 0 Å². The molecule has 0 amide bonds. The Bertz CT molecular complexity index is 468. The Morgan fingerprint density at radius 1 is 1.25 bits per heavy atom. The van der Waals surface area contributed by atoms with Crippen molar-refractivity contribution in [2.45, 2.75) is 12.5 Å². The fourth-order valence-corrected chi connectivity index (χ4v) is 2.19. The van der Waals surface area contributed by atoms with Gasteiger partial charge in [-0.05, 0) is 40.6 Å². The molecule has 16 heavy (non-hydrogen) atoms. The molecule has 1 aromatic heterocycles. The molecule has 1 N–H and O–H groups in total. The van der Waals surface area contributed by atoms with Gasteiger partial charge in [-0.1, -0.05) is 0 Å². The minimum absolute atomic E-state index is 0.00574. The van der Waals surface area contributed by atoms with Crippen molar-refractivity contribution in [3.63, 3.8) is 0 Å². The zero-order chi connectivity index (χ0) is 11.5. The standard InChI is InChI=1S/C12H10F2OS/c13-9-1-2-11(14)10(6-9)12(15)5-8-3-4-16-7-8/h1-4,6-7,12,15H,5H2. The largest absolute Gasteiger partial charge is 0.388 e. The number of halogens is 2. The highest BCUT2D eigenvalue weighted by Crippen LogP contribution is 2.22. The number of aliphatic hydroxyl groups is 1. The maximum atomic E-state index is 13.3. The van der Waals surface area contributed by atoms with Crippen LogP contribution < -0.4 is 0 Å². The van der Waals surface area contributed by atoms with Gasteiger partial charge in [-0.3, -0.25) is 0 Å². The van der Waals surface area contributed by atoms with E-state index in [1.54, 1.807) is 0 Å². The van der Waals surface area contributed by atoms with E-state index in [1.165, 1.54) is 11.3 Å². The van der Waals surface area contributed by atoms with Gasteiger partial charge in [-0.2, -0.15) is 11.3 Å². The molecule has 2 rings (SSSR count). The summed E-state index contributed by atoms with van der Waals surface area (Å²) in [5.74, 6) is -1.12. The Balaban J connectivity index is 2.20. The molecule has 1 nitrogen and oxygen atoms in total. The lowest BCUT2D eigenvalue weighted by Crippen LogP contribution is -2.04. The maximum absolute atomic E-state index is 13.3. The van der Waals surface area contributed by atoms with E-state index < -0.39 is 17.7 Å². The normalized spacial score (nSPS) is 12.7. The van der Waals surface area contributed by atoms with Crippen molar-refractivity contribution < 1.29 is 13.9 Å².